The van der Waals surface area contributed by atoms with Crippen LogP contribution < -0.4 is 16.0 Å². The minimum atomic E-state index is -0.545. The van der Waals surface area contributed by atoms with E-state index in [1.807, 2.05) is 31.0 Å². The number of anilines is 2. The number of halogens is 2. The van der Waals surface area contributed by atoms with Crippen molar-refractivity contribution < 1.29 is 8.78 Å². The van der Waals surface area contributed by atoms with E-state index < -0.39 is 11.6 Å². The Hall–Kier alpha value is -5.03. The van der Waals surface area contributed by atoms with Gasteiger partial charge in [-0.05, 0) is 74.1 Å². The molecule has 2 aromatic carbocycles. The average Bonchev–Trinajstić information content (AvgIpc) is 3.43. The van der Waals surface area contributed by atoms with Crippen LogP contribution in [0, 0.1) is 30.4 Å². The van der Waals surface area contributed by atoms with Crippen LogP contribution in [0.4, 0.5) is 20.4 Å². The second-order valence-corrected chi connectivity index (χ2v) is 14.9. The zero-order chi connectivity index (χ0) is 37.2. The van der Waals surface area contributed by atoms with E-state index in [1.165, 1.54) is 17.7 Å². The van der Waals surface area contributed by atoms with E-state index in [0.29, 0.717) is 11.6 Å². The van der Waals surface area contributed by atoms with Crippen LogP contribution in [0.3, 0.4) is 0 Å². The number of aliphatic imine (C=N–C) groups is 1. The molecule has 11 heteroatoms. The Morgan fingerprint density at radius 3 is 2.47 bits per heavy atom. The third kappa shape index (κ3) is 8.00. The van der Waals surface area contributed by atoms with Gasteiger partial charge >= 0.3 is 0 Å². The molecule has 278 valence electrons. The van der Waals surface area contributed by atoms with Gasteiger partial charge < -0.3 is 25.4 Å². The number of hydrogen-bond acceptors (Lipinski definition) is 8. The number of rotatable bonds is 5. The lowest BCUT2D eigenvalue weighted by atomic mass is 9.94. The molecule has 2 fully saturated rings. The van der Waals surface area contributed by atoms with Gasteiger partial charge in [0, 0.05) is 117 Å². The topological polar surface area (TPSA) is 90.8 Å². The maximum absolute atomic E-state index is 13.7. The van der Waals surface area contributed by atoms with E-state index in [1.54, 1.807) is 6.20 Å². The Kier molecular flexibility index (Phi) is 10.6. The first kappa shape index (κ1) is 36.3. The van der Waals surface area contributed by atoms with Crippen LogP contribution in [0.25, 0.3) is 22.3 Å². The Bertz CT molecular complexity index is 2050. The first-order valence-corrected chi connectivity index (χ1v) is 18.8. The van der Waals surface area contributed by atoms with E-state index in [9.17, 15) is 8.78 Å². The van der Waals surface area contributed by atoms with Gasteiger partial charge in [0.05, 0.1) is 16.7 Å². The monoisotopic (exact) mass is 719 g/mol. The second kappa shape index (κ2) is 15.5. The van der Waals surface area contributed by atoms with Crippen molar-refractivity contribution in [3.8, 4) is 0 Å². The van der Waals surface area contributed by atoms with Gasteiger partial charge in [0.1, 0.15) is 11.6 Å². The highest BCUT2D eigenvalue weighted by Gasteiger charge is 2.33. The van der Waals surface area contributed by atoms with Gasteiger partial charge in [-0.15, -0.1) is 0 Å². The molecule has 2 aromatic heterocycles. The molecule has 0 unspecified atom stereocenters. The predicted octanol–water partition coefficient (Wildman–Crippen LogP) is 7.45. The summed E-state index contributed by atoms with van der Waals surface area (Å²) in [5.41, 5.74) is 16.4. The lowest BCUT2D eigenvalue weighted by Crippen LogP contribution is -2.53. The molecule has 7 rings (SSSR count). The molecular weight excluding hydrogens is 669 g/mol. The van der Waals surface area contributed by atoms with Crippen LogP contribution in [-0.4, -0.2) is 76.4 Å². The lowest BCUT2D eigenvalue weighted by molar-refractivity contribution is 0.140. The molecular formula is C42H51F2N9. The number of piperazine rings is 1. The molecule has 0 saturated carbocycles. The van der Waals surface area contributed by atoms with Gasteiger partial charge in [-0.1, -0.05) is 32.6 Å². The Morgan fingerprint density at radius 1 is 1.00 bits per heavy atom. The molecule has 0 amide bonds. The number of aromatic nitrogens is 3. The Morgan fingerprint density at radius 2 is 1.75 bits per heavy atom. The fraction of sp³-hybridized carbons (Fsp3) is 0.405. The van der Waals surface area contributed by atoms with Gasteiger partial charge in [-0.25, -0.2) is 13.8 Å². The third-order valence-corrected chi connectivity index (χ3v) is 11.0. The van der Waals surface area contributed by atoms with Crippen LogP contribution in [-0.2, 0) is 13.1 Å². The van der Waals surface area contributed by atoms with E-state index >= 15 is 0 Å². The van der Waals surface area contributed by atoms with Gasteiger partial charge in [0.2, 0.25) is 5.95 Å². The fourth-order valence-electron chi connectivity index (χ4n) is 7.95. The van der Waals surface area contributed by atoms with Crippen LogP contribution >= 0.6 is 0 Å². The summed E-state index contributed by atoms with van der Waals surface area (Å²) < 4.78 is 29.8. The maximum Gasteiger partial charge on any atom is 0.208 e. The van der Waals surface area contributed by atoms with E-state index in [0.717, 1.165) is 141 Å². The Balaban J connectivity index is 1.04. The standard InChI is InChI=1S/C42H51F2N9/c1-27-8-6-7-9-38(46-5)37(22-45)40-18-32(16-28(2)47-40)29(3)48-42-49-39-11-10-31(17-41(39)53(42)23-27)24-50-12-14-51(15-13-50)30(4)33-25-52(26-33)36-20-34(43)19-35(44)21-36/h10-11,16-22,27,33H,3-4,6-9,12-15,23-26,45H2,1-2,5H3,(H,48,49)/t27-/m1/s1. The Labute approximate surface area is 311 Å². The van der Waals surface area contributed by atoms with Crippen LogP contribution in [0.5, 0.6) is 0 Å². The largest absolute Gasteiger partial charge is 0.404 e. The third-order valence-electron chi connectivity index (χ3n) is 11.0. The van der Waals surface area contributed by atoms with Crippen LogP contribution in [0.15, 0.2) is 78.6 Å². The predicted molar refractivity (Wildman–Crippen MR) is 213 cm³/mol. The number of nitrogens with two attached hydrogens (primary N) is 1. The molecule has 9 nitrogen and oxygen atoms in total. The summed E-state index contributed by atoms with van der Waals surface area (Å²) in [6, 6.07) is 14.4. The molecule has 3 aliphatic rings. The highest BCUT2D eigenvalue weighted by molar-refractivity contribution is 6.23. The molecule has 0 spiro atoms. The van der Waals surface area contributed by atoms with E-state index in [4.69, 9.17) is 15.7 Å². The molecule has 0 aliphatic carbocycles. The average molecular weight is 720 g/mol. The number of nitrogens with one attached hydrogen (secondary N) is 1. The number of allylic oxidation sites excluding steroid dienone is 1. The van der Waals surface area contributed by atoms with Crippen molar-refractivity contribution >= 4 is 39.7 Å². The highest BCUT2D eigenvalue weighted by Crippen LogP contribution is 2.32. The number of pyridine rings is 1. The molecule has 53 heavy (non-hydrogen) atoms. The summed E-state index contributed by atoms with van der Waals surface area (Å²) in [5.74, 6) is 0.421. The quantitative estimate of drug-likeness (QED) is 0.222. The second-order valence-electron chi connectivity index (χ2n) is 14.9. The summed E-state index contributed by atoms with van der Waals surface area (Å²) in [6.07, 6.45) is 5.67. The molecule has 3 N–H and O–H groups in total. The summed E-state index contributed by atoms with van der Waals surface area (Å²) in [6.45, 7) is 20.0. The molecule has 1 atom stereocenters. The number of fused-ring (bicyclic) bond motifs is 5. The van der Waals surface area contributed by atoms with Crippen molar-refractivity contribution in [2.24, 2.45) is 22.6 Å². The fourth-order valence-corrected chi connectivity index (χ4v) is 7.95. The van der Waals surface area contributed by atoms with Crippen molar-refractivity contribution in [3.05, 3.63) is 108 Å². The van der Waals surface area contributed by atoms with E-state index in [2.05, 4.69) is 63.0 Å². The normalized spacial score (nSPS) is 20.9. The zero-order valence-corrected chi connectivity index (χ0v) is 31.2. The summed E-state index contributed by atoms with van der Waals surface area (Å²) in [5, 5.41) is 3.57. The maximum atomic E-state index is 13.7. The van der Waals surface area contributed by atoms with Gasteiger partial charge in [0.15, 0.2) is 0 Å². The first-order chi connectivity index (χ1) is 25.6. The SMILES string of the molecule is C=C1Nc2nc3ccc(CN4CCN(C(=C)C5CN(c6cc(F)cc(F)c6)C5)CC4)cc3n2C[C@H](C)CCCCC(=NC)C(=CN)c2cc1cc(C)n2. The molecule has 3 aliphatic heterocycles. The van der Waals surface area contributed by atoms with Crippen molar-refractivity contribution in [1.29, 1.82) is 0 Å². The van der Waals surface area contributed by atoms with Crippen molar-refractivity contribution in [2.75, 3.05) is 56.5 Å². The van der Waals surface area contributed by atoms with Gasteiger partial charge in [-0.3, -0.25) is 14.9 Å². The number of nitrogens with zero attached hydrogens (tertiary/aromatic N) is 7. The zero-order valence-electron chi connectivity index (χ0n) is 31.2. The van der Waals surface area contributed by atoms with Crippen LogP contribution in [0.2, 0.25) is 0 Å². The number of imidazole rings is 1. The van der Waals surface area contributed by atoms with Crippen molar-refractivity contribution in [2.45, 2.75) is 52.6 Å². The smallest absolute Gasteiger partial charge is 0.208 e. The minimum absolute atomic E-state index is 0.289. The van der Waals surface area contributed by atoms with Crippen molar-refractivity contribution in [3.63, 3.8) is 0 Å². The molecule has 0 radical (unpaired) electrons. The first-order valence-electron chi connectivity index (χ1n) is 18.8. The summed E-state index contributed by atoms with van der Waals surface area (Å²) in [4.78, 5) is 21.4. The minimum Gasteiger partial charge on any atom is -0.404 e. The summed E-state index contributed by atoms with van der Waals surface area (Å²) >= 11 is 0. The number of hydrogen-bond donors (Lipinski definition) is 2. The number of aryl methyl sites for hydroxylation is 1. The molecule has 4 aromatic rings. The highest BCUT2D eigenvalue weighted by atomic mass is 19.1. The molecule has 2 bridgehead atoms. The van der Waals surface area contributed by atoms with Crippen LogP contribution in [0.1, 0.15) is 55.1 Å². The summed E-state index contributed by atoms with van der Waals surface area (Å²) in [7, 11) is 1.83. The number of benzene rings is 2. The lowest BCUT2D eigenvalue weighted by Gasteiger charge is -2.46. The van der Waals surface area contributed by atoms with Crippen molar-refractivity contribution in [1.82, 2.24) is 24.3 Å². The van der Waals surface area contributed by atoms with Gasteiger partial charge in [-0.2, -0.15) is 0 Å². The van der Waals surface area contributed by atoms with Gasteiger partial charge in [0.25, 0.3) is 0 Å². The van der Waals surface area contributed by atoms with E-state index in [-0.39, 0.29) is 5.92 Å². The molecule has 2 saturated heterocycles. The molecule has 5 heterocycles.